The molecular weight excluding hydrogens is 381 g/mol. The van der Waals surface area contributed by atoms with Gasteiger partial charge in [0.05, 0.1) is 7.11 Å². The molecule has 6 heteroatoms. The largest absolute Gasteiger partial charge is 0.497 e. The van der Waals surface area contributed by atoms with Crippen LogP contribution >= 0.6 is 0 Å². The van der Waals surface area contributed by atoms with Gasteiger partial charge in [0.1, 0.15) is 11.6 Å². The van der Waals surface area contributed by atoms with Crippen molar-refractivity contribution in [2.75, 3.05) is 12.4 Å². The van der Waals surface area contributed by atoms with E-state index >= 15 is 0 Å². The summed E-state index contributed by atoms with van der Waals surface area (Å²) in [6.07, 6.45) is 3.54. The van der Waals surface area contributed by atoms with Gasteiger partial charge in [-0.1, -0.05) is 30.3 Å². The summed E-state index contributed by atoms with van der Waals surface area (Å²) in [7, 11) is 1.64. The first-order valence-corrected chi connectivity index (χ1v) is 9.44. The number of hydrogen-bond donors (Lipinski definition) is 2. The highest BCUT2D eigenvalue weighted by Crippen LogP contribution is 2.32. The number of fused-ring (bicyclic) bond motifs is 1. The Kier molecular flexibility index (Phi) is 5.57. The molecule has 0 aliphatic rings. The summed E-state index contributed by atoms with van der Waals surface area (Å²) in [5.74, 6) is 0.382. The van der Waals surface area contributed by atoms with Crippen LogP contribution in [0.1, 0.15) is 5.56 Å². The number of nitrogens with one attached hydrogen (secondary N) is 2. The van der Waals surface area contributed by atoms with E-state index in [2.05, 4.69) is 15.6 Å². The van der Waals surface area contributed by atoms with Crippen LogP contribution in [0.2, 0.25) is 0 Å². The van der Waals surface area contributed by atoms with Gasteiger partial charge in [-0.25, -0.2) is 9.18 Å². The number of benzene rings is 3. The second-order valence-electron chi connectivity index (χ2n) is 6.74. The van der Waals surface area contributed by atoms with Crippen molar-refractivity contribution in [1.29, 1.82) is 0 Å². The van der Waals surface area contributed by atoms with E-state index < -0.39 is 11.8 Å². The molecule has 0 radical (unpaired) electrons. The molecule has 3 aromatic carbocycles. The maximum atomic E-state index is 13.3. The van der Waals surface area contributed by atoms with Crippen LogP contribution in [0.3, 0.4) is 0 Å². The van der Waals surface area contributed by atoms with Gasteiger partial charge >= 0.3 is 6.03 Å². The average Bonchev–Trinajstić information content (AvgIpc) is 2.77. The average molecular weight is 401 g/mol. The monoisotopic (exact) mass is 401 g/mol. The molecular formula is C24H20FN3O2. The first kappa shape index (κ1) is 19.4. The summed E-state index contributed by atoms with van der Waals surface area (Å²) in [5.41, 5.74) is 3.42. The number of hydrogen-bond acceptors (Lipinski definition) is 3. The van der Waals surface area contributed by atoms with Gasteiger partial charge in [0.2, 0.25) is 0 Å². The van der Waals surface area contributed by atoms with Crippen LogP contribution in [-0.2, 0) is 6.54 Å². The van der Waals surface area contributed by atoms with Gasteiger partial charge in [-0.3, -0.25) is 4.98 Å². The number of halogens is 1. The molecule has 0 unspecified atom stereocenters. The van der Waals surface area contributed by atoms with E-state index in [0.29, 0.717) is 12.2 Å². The molecule has 30 heavy (non-hydrogen) atoms. The van der Waals surface area contributed by atoms with Crippen LogP contribution in [0.25, 0.3) is 21.9 Å². The predicted molar refractivity (Wildman–Crippen MR) is 116 cm³/mol. The van der Waals surface area contributed by atoms with E-state index in [9.17, 15) is 9.18 Å². The molecule has 0 atom stereocenters. The SMILES string of the molecule is COc1cccc(-c2ccc(CNC(=O)Nc3cccc(F)c3)c3cnccc23)c1. The number of ether oxygens (including phenoxy) is 1. The minimum atomic E-state index is -0.408. The first-order chi connectivity index (χ1) is 14.6. The van der Waals surface area contributed by atoms with E-state index in [1.165, 1.54) is 12.1 Å². The molecule has 0 saturated heterocycles. The fraction of sp³-hybridized carbons (Fsp3) is 0.0833. The van der Waals surface area contributed by atoms with E-state index in [-0.39, 0.29) is 0 Å². The number of anilines is 1. The summed E-state index contributed by atoms with van der Waals surface area (Å²) in [6.45, 7) is 0.307. The number of nitrogens with zero attached hydrogens (tertiary/aromatic N) is 1. The van der Waals surface area contributed by atoms with Crippen molar-refractivity contribution >= 4 is 22.5 Å². The lowest BCUT2D eigenvalue weighted by atomic mass is 9.96. The highest BCUT2D eigenvalue weighted by atomic mass is 19.1. The number of methoxy groups -OCH3 is 1. The van der Waals surface area contributed by atoms with Crippen molar-refractivity contribution in [1.82, 2.24) is 10.3 Å². The molecule has 0 fully saturated rings. The number of rotatable bonds is 5. The minimum absolute atomic E-state index is 0.307. The molecule has 0 aliphatic carbocycles. The van der Waals surface area contributed by atoms with Crippen LogP contribution in [0, 0.1) is 5.82 Å². The van der Waals surface area contributed by atoms with Crippen molar-refractivity contribution in [3.05, 3.63) is 90.5 Å². The smallest absolute Gasteiger partial charge is 0.319 e. The van der Waals surface area contributed by atoms with Gasteiger partial charge < -0.3 is 15.4 Å². The van der Waals surface area contributed by atoms with Gasteiger partial charge in [0.15, 0.2) is 0 Å². The Labute approximate surface area is 173 Å². The topological polar surface area (TPSA) is 63.2 Å². The molecule has 0 aliphatic heterocycles. The maximum Gasteiger partial charge on any atom is 0.319 e. The number of carbonyl (C=O) groups is 1. The third-order valence-electron chi connectivity index (χ3n) is 4.81. The number of aromatic nitrogens is 1. The summed E-state index contributed by atoms with van der Waals surface area (Å²) >= 11 is 0. The van der Waals surface area contributed by atoms with Crippen LogP contribution in [0.15, 0.2) is 79.1 Å². The van der Waals surface area contributed by atoms with Gasteiger partial charge in [-0.05, 0) is 58.5 Å². The summed E-state index contributed by atoms with van der Waals surface area (Å²) in [4.78, 5) is 16.5. The van der Waals surface area contributed by atoms with Gasteiger partial charge in [-0.15, -0.1) is 0 Å². The molecule has 4 rings (SSSR count). The van der Waals surface area contributed by atoms with E-state index in [4.69, 9.17) is 4.74 Å². The summed E-state index contributed by atoms with van der Waals surface area (Å²) in [5, 5.41) is 7.43. The van der Waals surface area contributed by atoms with Crippen LogP contribution in [0.4, 0.5) is 14.9 Å². The molecule has 150 valence electrons. The van der Waals surface area contributed by atoms with E-state index in [0.717, 1.165) is 33.2 Å². The Hall–Kier alpha value is -3.93. The number of carbonyl (C=O) groups excluding carboxylic acids is 1. The zero-order valence-electron chi connectivity index (χ0n) is 16.4. The maximum absolute atomic E-state index is 13.3. The lowest BCUT2D eigenvalue weighted by molar-refractivity contribution is 0.252. The van der Waals surface area contributed by atoms with Gasteiger partial charge in [0.25, 0.3) is 0 Å². The molecule has 1 heterocycles. The number of amides is 2. The van der Waals surface area contributed by atoms with Crippen molar-refractivity contribution < 1.29 is 13.9 Å². The van der Waals surface area contributed by atoms with Gasteiger partial charge in [0, 0.05) is 30.0 Å². The zero-order valence-corrected chi connectivity index (χ0v) is 16.4. The van der Waals surface area contributed by atoms with Crippen LogP contribution in [0.5, 0.6) is 5.75 Å². The third-order valence-corrected chi connectivity index (χ3v) is 4.81. The van der Waals surface area contributed by atoms with E-state index in [1.807, 2.05) is 42.5 Å². The Bertz CT molecular complexity index is 1210. The Balaban J connectivity index is 1.57. The lowest BCUT2D eigenvalue weighted by Crippen LogP contribution is -2.28. The highest BCUT2D eigenvalue weighted by Gasteiger charge is 2.10. The van der Waals surface area contributed by atoms with Gasteiger partial charge in [-0.2, -0.15) is 0 Å². The predicted octanol–water partition coefficient (Wildman–Crippen LogP) is 5.37. The number of urea groups is 1. The molecule has 0 spiro atoms. The fourth-order valence-electron chi connectivity index (χ4n) is 3.36. The summed E-state index contributed by atoms with van der Waals surface area (Å²) in [6, 6.07) is 19.2. The number of pyridine rings is 1. The lowest BCUT2D eigenvalue weighted by Gasteiger charge is -2.13. The van der Waals surface area contributed by atoms with Crippen molar-refractivity contribution in [2.45, 2.75) is 6.54 Å². The van der Waals surface area contributed by atoms with Crippen molar-refractivity contribution in [2.24, 2.45) is 0 Å². The molecule has 2 amide bonds. The summed E-state index contributed by atoms with van der Waals surface area (Å²) < 4.78 is 18.6. The Morgan fingerprint density at radius 2 is 1.90 bits per heavy atom. The second-order valence-corrected chi connectivity index (χ2v) is 6.74. The molecule has 1 aromatic heterocycles. The third kappa shape index (κ3) is 4.22. The van der Waals surface area contributed by atoms with Crippen molar-refractivity contribution in [3.63, 3.8) is 0 Å². The quantitative estimate of drug-likeness (QED) is 0.472. The van der Waals surface area contributed by atoms with Crippen molar-refractivity contribution in [3.8, 4) is 16.9 Å². The van der Waals surface area contributed by atoms with Crippen LogP contribution < -0.4 is 15.4 Å². The molecule has 5 nitrogen and oxygen atoms in total. The van der Waals surface area contributed by atoms with E-state index in [1.54, 1.807) is 31.6 Å². The Morgan fingerprint density at radius 1 is 1.03 bits per heavy atom. The molecule has 0 saturated carbocycles. The first-order valence-electron chi connectivity index (χ1n) is 9.44. The highest BCUT2D eigenvalue weighted by molar-refractivity contribution is 5.98. The molecule has 2 N–H and O–H groups in total. The fourth-order valence-corrected chi connectivity index (χ4v) is 3.36. The standard InChI is InChI=1S/C24H20FN3O2/c1-30-20-7-2-4-16(12-20)21-9-8-17(23-15-26-11-10-22(21)23)14-27-24(29)28-19-6-3-5-18(25)13-19/h2-13,15H,14H2,1H3,(H2,27,28,29). The molecule has 0 bridgehead atoms. The van der Waals surface area contributed by atoms with Crippen LogP contribution in [-0.4, -0.2) is 18.1 Å². The normalized spacial score (nSPS) is 10.6. The zero-order chi connectivity index (χ0) is 20.9. The molecule has 4 aromatic rings. The Morgan fingerprint density at radius 3 is 2.73 bits per heavy atom. The second kappa shape index (κ2) is 8.61. The minimum Gasteiger partial charge on any atom is -0.497 e.